The summed E-state index contributed by atoms with van der Waals surface area (Å²) in [6.45, 7) is 4.16. The van der Waals surface area contributed by atoms with Crippen LogP contribution in [-0.2, 0) is 11.2 Å². The second kappa shape index (κ2) is 6.75. The highest BCUT2D eigenvalue weighted by atomic mass is 35.5. The molecule has 6 nitrogen and oxygen atoms in total. The number of amides is 1. The number of halogens is 1. The lowest BCUT2D eigenvalue weighted by atomic mass is 9.67. The third-order valence-corrected chi connectivity index (χ3v) is 4.68. The molecule has 21 heavy (non-hydrogen) atoms. The molecule has 2 aliphatic rings. The van der Waals surface area contributed by atoms with Gasteiger partial charge in [0.1, 0.15) is 0 Å². The Labute approximate surface area is 130 Å². The lowest BCUT2D eigenvalue weighted by Crippen LogP contribution is -2.48. The fraction of sp³-hybridized carbons (Fsp3) is 0.786. The maximum atomic E-state index is 12.6. The van der Waals surface area contributed by atoms with Crippen LogP contribution in [0.5, 0.6) is 0 Å². The van der Waals surface area contributed by atoms with E-state index in [1.807, 2.05) is 0 Å². The van der Waals surface area contributed by atoms with Gasteiger partial charge in [0, 0.05) is 19.5 Å². The summed E-state index contributed by atoms with van der Waals surface area (Å²) in [7, 11) is 0. The zero-order chi connectivity index (χ0) is 14.0. The van der Waals surface area contributed by atoms with Crippen molar-refractivity contribution in [2.75, 3.05) is 19.6 Å². The largest absolute Gasteiger partial charge is 0.355 e. The number of aryl methyl sites for hydroxylation is 1. The van der Waals surface area contributed by atoms with E-state index in [0.717, 1.165) is 25.9 Å². The van der Waals surface area contributed by atoms with E-state index in [2.05, 4.69) is 20.8 Å². The van der Waals surface area contributed by atoms with Crippen molar-refractivity contribution >= 4 is 18.3 Å². The first-order chi connectivity index (χ1) is 9.71. The molecule has 1 saturated carbocycles. The van der Waals surface area contributed by atoms with Crippen molar-refractivity contribution < 1.29 is 9.32 Å². The minimum atomic E-state index is -0.178. The first-order valence-corrected chi connectivity index (χ1v) is 7.49. The third kappa shape index (κ3) is 3.21. The molecule has 0 spiro atoms. The summed E-state index contributed by atoms with van der Waals surface area (Å²) in [5.74, 6) is 1.92. The lowest BCUT2D eigenvalue weighted by Gasteiger charge is -2.37. The van der Waals surface area contributed by atoms with E-state index in [9.17, 15) is 4.79 Å². The predicted octanol–water partition coefficient (Wildman–Crippen LogP) is 1.24. The van der Waals surface area contributed by atoms with Crippen LogP contribution >= 0.6 is 12.4 Å². The standard InChI is InChI=1S/C14H22N4O2.ClH/c1-10-17-12(20-18-10)5-7-16-13(19)14-6-3-2-4-11(14)8-15-9-14;/h11,15H,2-9H2,1H3,(H,16,19);1H/t11-,14+;/m0./s1. The van der Waals surface area contributed by atoms with Crippen LogP contribution in [-0.4, -0.2) is 35.7 Å². The van der Waals surface area contributed by atoms with Crippen molar-refractivity contribution in [3.63, 3.8) is 0 Å². The molecule has 0 bridgehead atoms. The molecule has 1 aliphatic carbocycles. The highest BCUT2D eigenvalue weighted by molar-refractivity contribution is 5.85. The molecule has 2 fully saturated rings. The summed E-state index contributed by atoms with van der Waals surface area (Å²) in [4.78, 5) is 16.7. The van der Waals surface area contributed by atoms with Gasteiger partial charge in [0.25, 0.3) is 0 Å². The molecule has 1 aromatic rings. The molecule has 118 valence electrons. The number of aromatic nitrogens is 2. The fourth-order valence-electron chi connectivity index (χ4n) is 3.59. The number of carbonyl (C=O) groups excluding carboxylic acids is 1. The Hall–Kier alpha value is -1.14. The van der Waals surface area contributed by atoms with Crippen molar-refractivity contribution in [2.45, 2.75) is 39.0 Å². The summed E-state index contributed by atoms with van der Waals surface area (Å²) in [5.41, 5.74) is -0.178. The van der Waals surface area contributed by atoms with E-state index in [1.54, 1.807) is 6.92 Å². The number of hydrogen-bond donors (Lipinski definition) is 2. The maximum Gasteiger partial charge on any atom is 0.228 e. The molecule has 0 radical (unpaired) electrons. The highest BCUT2D eigenvalue weighted by Crippen LogP contribution is 2.43. The quantitative estimate of drug-likeness (QED) is 0.874. The topological polar surface area (TPSA) is 80.0 Å². The Bertz CT molecular complexity index is 493. The molecule has 2 N–H and O–H groups in total. The van der Waals surface area contributed by atoms with Crippen molar-refractivity contribution in [1.82, 2.24) is 20.8 Å². The van der Waals surface area contributed by atoms with E-state index in [-0.39, 0.29) is 23.7 Å². The Morgan fingerprint density at radius 1 is 1.52 bits per heavy atom. The molecular formula is C14H23ClN4O2. The normalized spacial score (nSPS) is 27.8. The van der Waals surface area contributed by atoms with Crippen molar-refractivity contribution in [3.05, 3.63) is 11.7 Å². The maximum absolute atomic E-state index is 12.6. The minimum Gasteiger partial charge on any atom is -0.355 e. The van der Waals surface area contributed by atoms with Crippen molar-refractivity contribution in [2.24, 2.45) is 11.3 Å². The Kier molecular flexibility index (Phi) is 5.22. The van der Waals surface area contributed by atoms with Gasteiger partial charge >= 0.3 is 0 Å². The van der Waals surface area contributed by atoms with Gasteiger partial charge in [0.2, 0.25) is 11.8 Å². The van der Waals surface area contributed by atoms with Crippen molar-refractivity contribution in [1.29, 1.82) is 0 Å². The number of nitrogens with one attached hydrogen (secondary N) is 2. The third-order valence-electron chi connectivity index (χ3n) is 4.68. The van der Waals surface area contributed by atoms with E-state index in [1.165, 1.54) is 12.8 Å². The van der Waals surface area contributed by atoms with E-state index in [0.29, 0.717) is 30.6 Å². The Morgan fingerprint density at radius 2 is 2.38 bits per heavy atom. The molecule has 3 rings (SSSR count). The Morgan fingerprint density at radius 3 is 3.14 bits per heavy atom. The summed E-state index contributed by atoms with van der Waals surface area (Å²) in [5, 5.41) is 10.2. The average molecular weight is 315 g/mol. The van der Waals surface area contributed by atoms with E-state index >= 15 is 0 Å². The van der Waals surface area contributed by atoms with Gasteiger partial charge in [0.05, 0.1) is 5.41 Å². The zero-order valence-corrected chi connectivity index (χ0v) is 13.2. The first-order valence-electron chi connectivity index (χ1n) is 7.49. The number of fused-ring (bicyclic) bond motifs is 1. The molecule has 1 amide bonds. The van der Waals surface area contributed by atoms with Gasteiger partial charge in [-0.05, 0) is 32.2 Å². The molecule has 1 saturated heterocycles. The number of rotatable bonds is 4. The smallest absolute Gasteiger partial charge is 0.228 e. The van der Waals surface area contributed by atoms with Crippen molar-refractivity contribution in [3.8, 4) is 0 Å². The van der Waals surface area contributed by atoms with Gasteiger partial charge in [-0.2, -0.15) is 4.98 Å². The average Bonchev–Trinajstić information content (AvgIpc) is 3.05. The summed E-state index contributed by atoms with van der Waals surface area (Å²) < 4.78 is 5.05. The molecule has 0 unspecified atom stereocenters. The molecule has 2 heterocycles. The van der Waals surface area contributed by atoms with Gasteiger partial charge in [-0.3, -0.25) is 4.79 Å². The van der Waals surface area contributed by atoms with E-state index < -0.39 is 0 Å². The first kappa shape index (κ1) is 16.2. The van der Waals surface area contributed by atoms with Crippen LogP contribution in [0.25, 0.3) is 0 Å². The van der Waals surface area contributed by atoms with Gasteiger partial charge in [0.15, 0.2) is 5.82 Å². The van der Waals surface area contributed by atoms with Crippen LogP contribution in [0.1, 0.15) is 37.4 Å². The Balaban J connectivity index is 0.00000161. The predicted molar refractivity (Wildman–Crippen MR) is 80.3 cm³/mol. The van der Waals surface area contributed by atoms with Gasteiger partial charge in [-0.1, -0.05) is 18.0 Å². The van der Waals surface area contributed by atoms with Crippen LogP contribution in [0.4, 0.5) is 0 Å². The lowest BCUT2D eigenvalue weighted by molar-refractivity contribution is -0.133. The highest BCUT2D eigenvalue weighted by Gasteiger charge is 2.49. The van der Waals surface area contributed by atoms with Crippen LogP contribution in [0.3, 0.4) is 0 Å². The number of nitrogens with zero attached hydrogens (tertiary/aromatic N) is 2. The number of hydrogen-bond acceptors (Lipinski definition) is 5. The molecule has 7 heteroatoms. The summed E-state index contributed by atoms with van der Waals surface area (Å²) >= 11 is 0. The summed E-state index contributed by atoms with van der Waals surface area (Å²) in [6, 6.07) is 0. The van der Waals surface area contributed by atoms with Gasteiger partial charge in [-0.25, -0.2) is 0 Å². The SMILES string of the molecule is Cc1noc(CCNC(=O)[C@@]23CCCC[C@H]2CNC3)n1.Cl. The number of carbonyl (C=O) groups is 1. The summed E-state index contributed by atoms with van der Waals surface area (Å²) in [6.07, 6.45) is 5.19. The van der Waals surface area contributed by atoms with Gasteiger partial charge < -0.3 is 15.2 Å². The second-order valence-corrected chi connectivity index (χ2v) is 5.97. The molecular weight excluding hydrogens is 292 g/mol. The van der Waals surface area contributed by atoms with Crippen LogP contribution in [0.2, 0.25) is 0 Å². The second-order valence-electron chi connectivity index (χ2n) is 5.97. The molecule has 0 aromatic carbocycles. The molecule has 1 aliphatic heterocycles. The van der Waals surface area contributed by atoms with Gasteiger partial charge in [-0.15, -0.1) is 12.4 Å². The van der Waals surface area contributed by atoms with E-state index in [4.69, 9.17) is 4.52 Å². The van der Waals surface area contributed by atoms with Crippen LogP contribution in [0.15, 0.2) is 4.52 Å². The zero-order valence-electron chi connectivity index (χ0n) is 12.4. The molecule has 1 aromatic heterocycles. The van der Waals surface area contributed by atoms with Crippen LogP contribution in [0, 0.1) is 18.3 Å². The van der Waals surface area contributed by atoms with Crippen LogP contribution < -0.4 is 10.6 Å². The fourth-order valence-corrected chi connectivity index (χ4v) is 3.59. The minimum absolute atomic E-state index is 0. The molecule has 2 atom stereocenters. The monoisotopic (exact) mass is 314 g/mol.